The van der Waals surface area contributed by atoms with Gasteiger partial charge in [-0.2, -0.15) is 0 Å². The fourth-order valence-electron chi connectivity index (χ4n) is 3.56. The number of nitrogens with one attached hydrogen (secondary N) is 1. The molecule has 31 heavy (non-hydrogen) atoms. The minimum Gasteiger partial charge on any atom is -0.451 e. The predicted molar refractivity (Wildman–Crippen MR) is 126 cm³/mol. The summed E-state index contributed by atoms with van der Waals surface area (Å²) in [6.07, 6.45) is 3.97. The first-order valence-electron chi connectivity index (χ1n) is 11.0. The van der Waals surface area contributed by atoms with E-state index >= 15 is 0 Å². The number of hydrogen-bond donors (Lipinski definition) is 1. The second-order valence-electron chi connectivity index (χ2n) is 7.95. The van der Waals surface area contributed by atoms with E-state index in [1.807, 2.05) is 45.1 Å². The summed E-state index contributed by atoms with van der Waals surface area (Å²) in [6, 6.07) is 11.8. The number of nitrogens with zero attached hydrogens (tertiary/aromatic N) is 3. The number of halogens is 1. The van der Waals surface area contributed by atoms with Gasteiger partial charge in [0.1, 0.15) is 5.82 Å². The normalized spacial score (nSPS) is 20.0. The summed E-state index contributed by atoms with van der Waals surface area (Å²) in [6.45, 7) is 12.3. The van der Waals surface area contributed by atoms with Crippen molar-refractivity contribution in [2.75, 3.05) is 12.1 Å². The second kappa shape index (κ2) is 9.52. The molecule has 6 heteroatoms. The minimum atomic E-state index is -0.342. The SMILES string of the molecule is CC.CC1C=CN(c2cc(-c3ccc(C4=NN(C)C(C)O4)c(F)c3)ccc2C(C)C)N1. The summed E-state index contributed by atoms with van der Waals surface area (Å²) < 4.78 is 20.5. The minimum absolute atomic E-state index is 0.196. The van der Waals surface area contributed by atoms with Crippen molar-refractivity contribution in [1.29, 1.82) is 0 Å². The molecule has 0 saturated carbocycles. The zero-order chi connectivity index (χ0) is 22.7. The van der Waals surface area contributed by atoms with E-state index in [-0.39, 0.29) is 18.1 Å². The number of hydrazine groups is 1. The zero-order valence-electron chi connectivity index (χ0n) is 19.5. The van der Waals surface area contributed by atoms with E-state index in [0.717, 1.165) is 16.8 Å². The van der Waals surface area contributed by atoms with E-state index in [4.69, 9.17) is 4.74 Å². The lowest BCUT2D eigenvalue weighted by molar-refractivity contribution is 0.0959. The van der Waals surface area contributed by atoms with Crippen LogP contribution in [0, 0.1) is 5.82 Å². The average molecular weight is 425 g/mol. The maximum Gasteiger partial charge on any atom is 0.243 e. The van der Waals surface area contributed by atoms with Crippen molar-refractivity contribution in [3.8, 4) is 11.1 Å². The standard InChI is InChI=1S/C23H27FN4O.C2H6/c1-14(2)19-8-6-18(13-22(19)28-11-10-15(3)25-28)17-7-9-20(21(24)12-17)23-26-27(5)16(4)29-23;1-2/h6-16,25H,1-5H3;1-2H3. The largest absolute Gasteiger partial charge is 0.451 e. The van der Waals surface area contributed by atoms with Gasteiger partial charge in [0, 0.05) is 19.3 Å². The van der Waals surface area contributed by atoms with E-state index in [1.165, 1.54) is 5.56 Å². The molecule has 0 radical (unpaired) electrons. The molecular weight excluding hydrogens is 391 g/mol. The Bertz CT molecular complexity index is 985. The van der Waals surface area contributed by atoms with Gasteiger partial charge in [0.05, 0.1) is 11.3 Å². The molecule has 2 aromatic rings. The van der Waals surface area contributed by atoms with Crippen LogP contribution in [0.5, 0.6) is 0 Å². The molecule has 0 aromatic heterocycles. The zero-order valence-corrected chi connectivity index (χ0v) is 19.5. The molecule has 0 amide bonds. The van der Waals surface area contributed by atoms with Gasteiger partial charge in [0.25, 0.3) is 0 Å². The molecule has 0 fully saturated rings. The third-order valence-electron chi connectivity index (χ3n) is 5.37. The van der Waals surface area contributed by atoms with Crippen LogP contribution >= 0.6 is 0 Å². The van der Waals surface area contributed by atoms with Crippen LogP contribution in [0.25, 0.3) is 11.1 Å². The van der Waals surface area contributed by atoms with Crippen molar-refractivity contribution in [1.82, 2.24) is 10.4 Å². The molecule has 2 aliphatic heterocycles. The lowest BCUT2D eigenvalue weighted by Gasteiger charge is -2.24. The molecule has 5 nitrogen and oxygen atoms in total. The molecule has 2 aromatic carbocycles. The molecule has 2 atom stereocenters. The van der Waals surface area contributed by atoms with Crippen LogP contribution in [0.15, 0.2) is 53.8 Å². The average Bonchev–Trinajstić information content (AvgIpc) is 3.34. The molecule has 2 unspecified atom stereocenters. The fourth-order valence-corrected chi connectivity index (χ4v) is 3.56. The number of hydrazone groups is 1. The summed E-state index contributed by atoms with van der Waals surface area (Å²) in [5.74, 6) is 0.354. The molecular formula is C25H33FN4O. The molecule has 0 bridgehead atoms. The van der Waals surface area contributed by atoms with E-state index < -0.39 is 0 Å². The number of anilines is 1. The maximum absolute atomic E-state index is 14.9. The molecule has 0 aliphatic carbocycles. The first kappa shape index (κ1) is 22.8. The van der Waals surface area contributed by atoms with Crippen LogP contribution in [0.2, 0.25) is 0 Å². The van der Waals surface area contributed by atoms with E-state index in [0.29, 0.717) is 17.4 Å². The molecule has 0 saturated heterocycles. The first-order valence-corrected chi connectivity index (χ1v) is 11.0. The van der Waals surface area contributed by atoms with Crippen LogP contribution in [0.4, 0.5) is 10.1 Å². The highest BCUT2D eigenvalue weighted by Gasteiger charge is 2.24. The van der Waals surface area contributed by atoms with Gasteiger partial charge in [-0.1, -0.05) is 45.9 Å². The third kappa shape index (κ3) is 4.74. The first-order chi connectivity index (χ1) is 14.8. The maximum atomic E-state index is 14.9. The van der Waals surface area contributed by atoms with Crippen LogP contribution in [-0.2, 0) is 4.74 Å². The number of hydrogen-bond acceptors (Lipinski definition) is 5. The van der Waals surface area contributed by atoms with Gasteiger partial charge >= 0.3 is 0 Å². The summed E-state index contributed by atoms with van der Waals surface area (Å²) in [5.41, 5.74) is 7.90. The Balaban J connectivity index is 0.00000132. The Morgan fingerprint density at radius 3 is 2.29 bits per heavy atom. The molecule has 1 N–H and O–H groups in total. The monoisotopic (exact) mass is 424 g/mol. The summed E-state index contributed by atoms with van der Waals surface area (Å²) in [4.78, 5) is 0. The highest BCUT2D eigenvalue weighted by Crippen LogP contribution is 2.34. The van der Waals surface area contributed by atoms with Gasteiger partial charge in [-0.25, -0.2) is 9.82 Å². The van der Waals surface area contributed by atoms with Crippen LogP contribution in [0.1, 0.15) is 58.6 Å². The molecule has 0 spiro atoms. The van der Waals surface area contributed by atoms with Crippen LogP contribution in [0.3, 0.4) is 0 Å². The van der Waals surface area contributed by atoms with Gasteiger partial charge < -0.3 is 4.74 Å². The summed E-state index contributed by atoms with van der Waals surface area (Å²) in [7, 11) is 1.81. The van der Waals surface area contributed by atoms with Crippen molar-refractivity contribution in [2.45, 2.75) is 59.7 Å². The van der Waals surface area contributed by atoms with E-state index in [2.05, 4.69) is 55.6 Å². The van der Waals surface area contributed by atoms with Gasteiger partial charge in [-0.3, -0.25) is 10.0 Å². The molecule has 4 rings (SSSR count). The van der Waals surface area contributed by atoms with Crippen molar-refractivity contribution >= 4 is 11.6 Å². The topological polar surface area (TPSA) is 40.1 Å². The van der Waals surface area contributed by atoms with E-state index in [1.54, 1.807) is 17.1 Å². The van der Waals surface area contributed by atoms with Crippen molar-refractivity contribution in [3.63, 3.8) is 0 Å². The number of ether oxygens (including phenoxy) is 1. The van der Waals surface area contributed by atoms with Crippen molar-refractivity contribution < 1.29 is 9.13 Å². The molecule has 166 valence electrons. The molecule has 2 aliphatic rings. The van der Waals surface area contributed by atoms with Gasteiger partial charge in [-0.05, 0) is 60.7 Å². The van der Waals surface area contributed by atoms with Crippen LogP contribution < -0.4 is 10.4 Å². The summed E-state index contributed by atoms with van der Waals surface area (Å²) in [5, 5.41) is 8.00. The van der Waals surface area contributed by atoms with Crippen molar-refractivity contribution in [3.05, 3.63) is 65.6 Å². The quantitative estimate of drug-likeness (QED) is 0.669. The lowest BCUT2D eigenvalue weighted by atomic mass is 9.95. The Morgan fingerprint density at radius 1 is 1.06 bits per heavy atom. The van der Waals surface area contributed by atoms with Crippen LogP contribution in [-0.4, -0.2) is 30.2 Å². The van der Waals surface area contributed by atoms with E-state index in [9.17, 15) is 4.39 Å². The Labute approximate surface area is 185 Å². The Morgan fingerprint density at radius 2 is 1.74 bits per heavy atom. The number of benzene rings is 2. The molecule has 2 heterocycles. The van der Waals surface area contributed by atoms with Gasteiger partial charge in [0.15, 0.2) is 6.23 Å². The highest BCUT2D eigenvalue weighted by molar-refractivity contribution is 5.95. The predicted octanol–water partition coefficient (Wildman–Crippen LogP) is 5.84. The Kier molecular flexibility index (Phi) is 7.01. The van der Waals surface area contributed by atoms with Gasteiger partial charge in [0.2, 0.25) is 5.90 Å². The third-order valence-corrected chi connectivity index (χ3v) is 5.37. The highest BCUT2D eigenvalue weighted by atomic mass is 19.1. The Hall–Kier alpha value is -2.86. The van der Waals surface area contributed by atoms with Gasteiger partial charge in [-0.15, -0.1) is 5.10 Å². The number of rotatable bonds is 4. The smallest absolute Gasteiger partial charge is 0.243 e. The second-order valence-corrected chi connectivity index (χ2v) is 7.95. The fraction of sp³-hybridized carbons (Fsp3) is 0.400. The lowest BCUT2D eigenvalue weighted by Crippen LogP contribution is -2.34. The van der Waals surface area contributed by atoms with Crippen molar-refractivity contribution in [2.24, 2.45) is 5.10 Å². The summed E-state index contributed by atoms with van der Waals surface area (Å²) >= 11 is 0.